The van der Waals surface area contributed by atoms with E-state index < -0.39 is 0 Å². The fourth-order valence-corrected chi connectivity index (χ4v) is 2.17. The molecule has 1 atom stereocenters. The molecule has 4 heteroatoms. The second-order valence-electron chi connectivity index (χ2n) is 4.73. The van der Waals surface area contributed by atoms with E-state index in [9.17, 15) is 4.79 Å². The van der Waals surface area contributed by atoms with E-state index in [1.165, 1.54) is 0 Å². The Morgan fingerprint density at radius 2 is 1.65 bits per heavy atom. The number of amides is 1. The standard InChI is InChI=1S/C16H17BrN2O/c1-19(2)16(20)15(12-6-4-3-5-7-12)18-14-10-8-13(17)9-11-14/h3-11,15,18H,1-2H3. The van der Waals surface area contributed by atoms with Crippen molar-refractivity contribution in [2.24, 2.45) is 0 Å². The van der Waals surface area contributed by atoms with E-state index in [2.05, 4.69) is 21.2 Å². The van der Waals surface area contributed by atoms with Gasteiger partial charge in [0.15, 0.2) is 0 Å². The molecule has 0 fully saturated rings. The normalized spacial score (nSPS) is 11.8. The van der Waals surface area contributed by atoms with Crippen molar-refractivity contribution in [1.82, 2.24) is 4.90 Å². The third-order valence-electron chi connectivity index (χ3n) is 2.98. The Bertz CT molecular complexity index is 567. The molecule has 0 saturated carbocycles. The maximum absolute atomic E-state index is 12.4. The van der Waals surface area contributed by atoms with E-state index in [4.69, 9.17) is 0 Å². The molecule has 2 rings (SSSR count). The summed E-state index contributed by atoms with van der Waals surface area (Å²) in [6.07, 6.45) is 0. The van der Waals surface area contributed by atoms with Gasteiger partial charge in [-0.3, -0.25) is 4.79 Å². The minimum atomic E-state index is -0.382. The fourth-order valence-electron chi connectivity index (χ4n) is 1.90. The lowest BCUT2D eigenvalue weighted by atomic mass is 10.1. The number of hydrogen-bond acceptors (Lipinski definition) is 2. The summed E-state index contributed by atoms with van der Waals surface area (Å²) in [5.74, 6) is 0.0270. The number of nitrogens with one attached hydrogen (secondary N) is 1. The Morgan fingerprint density at radius 3 is 2.20 bits per heavy atom. The van der Waals surface area contributed by atoms with Gasteiger partial charge in [0.1, 0.15) is 6.04 Å². The minimum Gasteiger partial charge on any atom is -0.370 e. The third-order valence-corrected chi connectivity index (χ3v) is 3.50. The SMILES string of the molecule is CN(C)C(=O)C(Nc1ccc(Br)cc1)c1ccccc1. The molecule has 0 aliphatic heterocycles. The van der Waals surface area contributed by atoms with Crippen LogP contribution in [0, 0.1) is 0 Å². The number of carbonyl (C=O) groups excluding carboxylic acids is 1. The highest BCUT2D eigenvalue weighted by Gasteiger charge is 2.21. The van der Waals surface area contributed by atoms with Gasteiger partial charge in [0.25, 0.3) is 0 Å². The molecule has 20 heavy (non-hydrogen) atoms. The topological polar surface area (TPSA) is 32.3 Å². The first kappa shape index (κ1) is 14.6. The Kier molecular flexibility index (Phi) is 4.79. The molecular formula is C16H17BrN2O. The highest BCUT2D eigenvalue weighted by atomic mass is 79.9. The van der Waals surface area contributed by atoms with Crippen LogP contribution in [0.1, 0.15) is 11.6 Å². The summed E-state index contributed by atoms with van der Waals surface area (Å²) in [4.78, 5) is 14.0. The first-order chi connectivity index (χ1) is 9.58. The van der Waals surface area contributed by atoms with Crippen molar-refractivity contribution in [1.29, 1.82) is 0 Å². The summed E-state index contributed by atoms with van der Waals surface area (Å²) in [5.41, 5.74) is 1.87. The summed E-state index contributed by atoms with van der Waals surface area (Å²) in [6, 6.07) is 17.1. The molecule has 0 radical (unpaired) electrons. The lowest BCUT2D eigenvalue weighted by molar-refractivity contribution is -0.129. The van der Waals surface area contributed by atoms with Crippen LogP contribution in [-0.4, -0.2) is 24.9 Å². The van der Waals surface area contributed by atoms with Crippen molar-refractivity contribution < 1.29 is 4.79 Å². The van der Waals surface area contributed by atoms with Gasteiger partial charge in [0, 0.05) is 24.3 Å². The van der Waals surface area contributed by atoms with Gasteiger partial charge in [-0.2, -0.15) is 0 Å². The van der Waals surface area contributed by atoms with Crippen LogP contribution < -0.4 is 5.32 Å². The number of halogens is 1. The molecule has 1 N–H and O–H groups in total. The molecule has 0 aromatic heterocycles. The van der Waals surface area contributed by atoms with Crippen LogP contribution in [0.3, 0.4) is 0 Å². The second-order valence-corrected chi connectivity index (χ2v) is 5.64. The van der Waals surface area contributed by atoms with E-state index >= 15 is 0 Å². The molecular weight excluding hydrogens is 316 g/mol. The van der Waals surface area contributed by atoms with Gasteiger partial charge in [-0.05, 0) is 29.8 Å². The second kappa shape index (κ2) is 6.57. The van der Waals surface area contributed by atoms with E-state index in [0.717, 1.165) is 15.7 Å². The molecule has 1 amide bonds. The van der Waals surface area contributed by atoms with Crippen molar-refractivity contribution >= 4 is 27.5 Å². The quantitative estimate of drug-likeness (QED) is 0.925. The van der Waals surface area contributed by atoms with Gasteiger partial charge in [-0.1, -0.05) is 46.3 Å². The third kappa shape index (κ3) is 3.61. The van der Waals surface area contributed by atoms with Crippen LogP contribution in [0.2, 0.25) is 0 Å². The van der Waals surface area contributed by atoms with E-state index in [0.29, 0.717) is 0 Å². The Balaban J connectivity index is 2.28. The smallest absolute Gasteiger partial charge is 0.249 e. The van der Waals surface area contributed by atoms with Gasteiger partial charge in [0.05, 0.1) is 0 Å². The molecule has 1 unspecified atom stereocenters. The van der Waals surface area contributed by atoms with E-state index in [1.54, 1.807) is 19.0 Å². The predicted molar refractivity (Wildman–Crippen MR) is 85.6 cm³/mol. The first-order valence-electron chi connectivity index (χ1n) is 6.36. The van der Waals surface area contributed by atoms with Crippen molar-refractivity contribution in [2.75, 3.05) is 19.4 Å². The van der Waals surface area contributed by atoms with Gasteiger partial charge in [0.2, 0.25) is 5.91 Å². The lowest BCUT2D eigenvalue weighted by Gasteiger charge is -2.23. The van der Waals surface area contributed by atoms with Gasteiger partial charge in [-0.15, -0.1) is 0 Å². The monoisotopic (exact) mass is 332 g/mol. The summed E-state index contributed by atoms with van der Waals surface area (Å²) in [6.45, 7) is 0. The van der Waals surface area contributed by atoms with Gasteiger partial charge in [-0.25, -0.2) is 0 Å². The highest BCUT2D eigenvalue weighted by molar-refractivity contribution is 9.10. The number of anilines is 1. The van der Waals surface area contributed by atoms with Crippen molar-refractivity contribution in [3.05, 3.63) is 64.6 Å². The molecule has 0 saturated heterocycles. The van der Waals surface area contributed by atoms with Crippen LogP contribution >= 0.6 is 15.9 Å². The number of benzene rings is 2. The molecule has 3 nitrogen and oxygen atoms in total. The lowest BCUT2D eigenvalue weighted by Crippen LogP contribution is -2.32. The molecule has 2 aromatic carbocycles. The fraction of sp³-hybridized carbons (Fsp3) is 0.188. The number of carbonyl (C=O) groups is 1. The average molecular weight is 333 g/mol. The van der Waals surface area contributed by atoms with Gasteiger partial charge < -0.3 is 10.2 Å². The predicted octanol–water partition coefficient (Wildman–Crippen LogP) is 3.69. The molecule has 0 spiro atoms. The zero-order valence-electron chi connectivity index (χ0n) is 11.5. The molecule has 0 aliphatic rings. The Labute approximate surface area is 127 Å². The van der Waals surface area contributed by atoms with E-state index in [-0.39, 0.29) is 11.9 Å². The van der Waals surface area contributed by atoms with Crippen LogP contribution in [0.25, 0.3) is 0 Å². The molecule has 104 valence electrons. The molecule has 0 heterocycles. The first-order valence-corrected chi connectivity index (χ1v) is 7.15. The maximum atomic E-state index is 12.4. The van der Waals surface area contributed by atoms with Crippen molar-refractivity contribution in [2.45, 2.75) is 6.04 Å². The summed E-state index contributed by atoms with van der Waals surface area (Å²) in [7, 11) is 3.53. The van der Waals surface area contributed by atoms with E-state index in [1.807, 2.05) is 54.6 Å². The summed E-state index contributed by atoms with van der Waals surface area (Å²) >= 11 is 3.41. The largest absolute Gasteiger partial charge is 0.370 e. The van der Waals surface area contributed by atoms with Crippen LogP contribution in [0.15, 0.2) is 59.1 Å². The number of likely N-dealkylation sites (N-methyl/N-ethyl adjacent to an activating group) is 1. The Morgan fingerprint density at radius 1 is 1.05 bits per heavy atom. The van der Waals surface area contributed by atoms with Crippen molar-refractivity contribution in [3.8, 4) is 0 Å². The van der Waals surface area contributed by atoms with Crippen molar-refractivity contribution in [3.63, 3.8) is 0 Å². The molecule has 0 bridgehead atoms. The van der Waals surface area contributed by atoms with Crippen LogP contribution in [0.4, 0.5) is 5.69 Å². The zero-order valence-corrected chi connectivity index (χ0v) is 13.1. The summed E-state index contributed by atoms with van der Waals surface area (Å²) < 4.78 is 1.01. The molecule has 0 aliphatic carbocycles. The Hall–Kier alpha value is -1.81. The van der Waals surface area contributed by atoms with Gasteiger partial charge >= 0.3 is 0 Å². The number of nitrogens with zero attached hydrogens (tertiary/aromatic N) is 1. The molecule has 2 aromatic rings. The van der Waals surface area contributed by atoms with Crippen LogP contribution in [0.5, 0.6) is 0 Å². The average Bonchev–Trinajstić information content (AvgIpc) is 2.47. The summed E-state index contributed by atoms with van der Waals surface area (Å²) in [5, 5.41) is 3.29. The number of hydrogen-bond donors (Lipinski definition) is 1. The number of rotatable bonds is 4. The maximum Gasteiger partial charge on any atom is 0.249 e. The minimum absolute atomic E-state index is 0.0270. The van der Waals surface area contributed by atoms with Crippen LogP contribution in [-0.2, 0) is 4.79 Å². The zero-order chi connectivity index (χ0) is 14.5. The highest BCUT2D eigenvalue weighted by Crippen LogP contribution is 2.22.